The lowest BCUT2D eigenvalue weighted by Gasteiger charge is -2.13. The van der Waals surface area contributed by atoms with E-state index in [1.165, 1.54) is 6.07 Å². The summed E-state index contributed by atoms with van der Waals surface area (Å²) in [5.74, 6) is -1.73. The smallest absolute Gasteiger partial charge is 0.416 e. The van der Waals surface area contributed by atoms with Crippen LogP contribution >= 0.6 is 11.6 Å². The second-order valence-corrected chi connectivity index (χ2v) is 4.21. The molecular formula is C13H12ClF3O3. The molecule has 0 radical (unpaired) electrons. The van der Waals surface area contributed by atoms with Crippen molar-refractivity contribution in [3.05, 3.63) is 34.9 Å². The first-order valence-electron chi connectivity index (χ1n) is 5.74. The molecule has 0 aliphatic carbocycles. The summed E-state index contributed by atoms with van der Waals surface area (Å²) in [4.78, 5) is 22.6. The fourth-order valence-electron chi connectivity index (χ4n) is 1.60. The monoisotopic (exact) mass is 308 g/mol. The Morgan fingerprint density at radius 1 is 1.30 bits per heavy atom. The predicted octanol–water partition coefficient (Wildman–Crippen LogP) is 3.23. The number of carbonyl (C=O) groups excluding carboxylic acids is 2. The fourth-order valence-corrected chi connectivity index (χ4v) is 1.69. The van der Waals surface area contributed by atoms with Crippen molar-refractivity contribution in [3.63, 3.8) is 0 Å². The fraction of sp³-hybridized carbons (Fsp3) is 0.385. The average molecular weight is 309 g/mol. The van der Waals surface area contributed by atoms with E-state index in [2.05, 4.69) is 4.74 Å². The van der Waals surface area contributed by atoms with E-state index in [0.29, 0.717) is 6.07 Å². The highest BCUT2D eigenvalue weighted by molar-refractivity contribution is 6.27. The Hall–Kier alpha value is -1.56. The second-order valence-electron chi connectivity index (χ2n) is 3.94. The van der Waals surface area contributed by atoms with Gasteiger partial charge in [0.1, 0.15) is 0 Å². The van der Waals surface area contributed by atoms with Gasteiger partial charge in [-0.25, -0.2) is 4.79 Å². The zero-order valence-corrected chi connectivity index (χ0v) is 11.3. The van der Waals surface area contributed by atoms with E-state index in [1.807, 2.05) is 0 Å². The molecular weight excluding hydrogens is 297 g/mol. The molecule has 0 saturated carbocycles. The van der Waals surface area contributed by atoms with Crippen molar-refractivity contribution in [2.24, 2.45) is 0 Å². The molecule has 0 atom stereocenters. The van der Waals surface area contributed by atoms with Crippen LogP contribution in [0.1, 0.15) is 28.4 Å². The van der Waals surface area contributed by atoms with Crippen LogP contribution in [-0.2, 0) is 22.1 Å². The van der Waals surface area contributed by atoms with Gasteiger partial charge < -0.3 is 4.74 Å². The molecule has 0 N–H and O–H groups in total. The summed E-state index contributed by atoms with van der Waals surface area (Å²) in [6.45, 7) is 1.61. The number of ether oxygens (including phenoxy) is 1. The number of hydrogen-bond donors (Lipinski definition) is 0. The summed E-state index contributed by atoms with van der Waals surface area (Å²) < 4.78 is 43.5. The first-order chi connectivity index (χ1) is 9.29. The zero-order chi connectivity index (χ0) is 15.3. The number of carbonyl (C=O) groups is 2. The molecule has 0 aromatic heterocycles. The maximum atomic E-state index is 12.9. The van der Waals surface area contributed by atoms with Crippen LogP contribution in [-0.4, -0.2) is 24.2 Å². The van der Waals surface area contributed by atoms with Gasteiger partial charge in [0.2, 0.25) is 0 Å². The number of alkyl halides is 4. The molecule has 7 heteroatoms. The number of ketones is 1. The van der Waals surface area contributed by atoms with Gasteiger partial charge in [0.05, 0.1) is 23.6 Å². The molecule has 0 unspecified atom stereocenters. The summed E-state index contributed by atoms with van der Waals surface area (Å²) in [6.07, 6.45) is -5.09. The first kappa shape index (κ1) is 16.5. The van der Waals surface area contributed by atoms with Crippen LogP contribution < -0.4 is 0 Å². The Bertz CT molecular complexity index is 512. The number of hydrogen-bond acceptors (Lipinski definition) is 3. The molecule has 1 rings (SSSR count). The predicted molar refractivity (Wildman–Crippen MR) is 66.8 cm³/mol. The van der Waals surface area contributed by atoms with Gasteiger partial charge in [0.15, 0.2) is 5.78 Å². The molecule has 0 saturated heterocycles. The molecule has 1 aromatic rings. The van der Waals surface area contributed by atoms with Gasteiger partial charge in [-0.1, -0.05) is 6.07 Å². The van der Waals surface area contributed by atoms with E-state index in [4.69, 9.17) is 11.6 Å². The van der Waals surface area contributed by atoms with E-state index in [9.17, 15) is 22.8 Å². The van der Waals surface area contributed by atoms with Crippen molar-refractivity contribution in [2.75, 3.05) is 12.5 Å². The standard InChI is InChI=1S/C13H12ClF3O3/c1-2-20-12(19)9-4-3-8(5-10(18)7-14)11(6-9)13(15,16)17/h3-4,6H,2,5,7H2,1H3. The lowest BCUT2D eigenvalue weighted by molar-refractivity contribution is -0.138. The average Bonchev–Trinajstić information content (AvgIpc) is 2.38. The highest BCUT2D eigenvalue weighted by atomic mass is 35.5. The topological polar surface area (TPSA) is 43.4 Å². The minimum absolute atomic E-state index is 0.0622. The van der Waals surface area contributed by atoms with Crippen molar-refractivity contribution in [1.29, 1.82) is 0 Å². The van der Waals surface area contributed by atoms with Crippen LogP contribution in [0.15, 0.2) is 18.2 Å². The minimum atomic E-state index is -4.66. The summed E-state index contributed by atoms with van der Waals surface area (Å²) in [5, 5.41) is 0. The molecule has 0 amide bonds. The highest BCUT2D eigenvalue weighted by Gasteiger charge is 2.34. The van der Waals surface area contributed by atoms with Gasteiger partial charge in [-0.05, 0) is 24.6 Å². The molecule has 0 aliphatic rings. The quantitative estimate of drug-likeness (QED) is 0.619. The van der Waals surface area contributed by atoms with Gasteiger partial charge in [-0.2, -0.15) is 13.2 Å². The molecule has 0 bridgehead atoms. The van der Waals surface area contributed by atoms with E-state index in [-0.39, 0.29) is 23.6 Å². The maximum absolute atomic E-state index is 12.9. The van der Waals surface area contributed by atoms with Gasteiger partial charge in [0, 0.05) is 6.42 Å². The normalized spacial score (nSPS) is 11.2. The van der Waals surface area contributed by atoms with Gasteiger partial charge in [0.25, 0.3) is 0 Å². The summed E-state index contributed by atoms with van der Waals surface area (Å²) in [7, 11) is 0. The van der Waals surface area contributed by atoms with Crippen molar-refractivity contribution in [3.8, 4) is 0 Å². The molecule has 0 aliphatic heterocycles. The Labute approximate surface area is 118 Å². The van der Waals surface area contributed by atoms with Crippen LogP contribution in [0.4, 0.5) is 13.2 Å². The largest absolute Gasteiger partial charge is 0.462 e. The van der Waals surface area contributed by atoms with Gasteiger partial charge in [-0.3, -0.25) is 4.79 Å². The lowest BCUT2D eigenvalue weighted by Crippen LogP contribution is -2.15. The Kier molecular flexibility index (Phi) is 5.56. The third-order valence-corrected chi connectivity index (χ3v) is 2.76. The van der Waals surface area contributed by atoms with E-state index in [0.717, 1.165) is 6.07 Å². The third kappa shape index (κ3) is 4.23. The molecule has 110 valence electrons. The Morgan fingerprint density at radius 3 is 2.45 bits per heavy atom. The molecule has 20 heavy (non-hydrogen) atoms. The second kappa shape index (κ2) is 6.74. The van der Waals surface area contributed by atoms with Crippen molar-refractivity contribution < 1.29 is 27.5 Å². The summed E-state index contributed by atoms with van der Waals surface area (Å²) in [5.41, 5.74) is -1.45. The van der Waals surface area contributed by atoms with Crippen LogP contribution in [0, 0.1) is 0 Å². The number of benzene rings is 1. The van der Waals surface area contributed by atoms with Gasteiger partial charge in [-0.15, -0.1) is 11.6 Å². The highest BCUT2D eigenvalue weighted by Crippen LogP contribution is 2.33. The molecule has 3 nitrogen and oxygen atoms in total. The number of Topliss-reactive ketones (excluding diaryl/α,β-unsaturated/α-hetero) is 1. The van der Waals surface area contributed by atoms with Crippen molar-refractivity contribution in [2.45, 2.75) is 19.5 Å². The molecule has 0 spiro atoms. The maximum Gasteiger partial charge on any atom is 0.416 e. The SMILES string of the molecule is CCOC(=O)c1ccc(CC(=O)CCl)c(C(F)(F)F)c1. The van der Waals surface area contributed by atoms with Crippen LogP contribution in [0.2, 0.25) is 0 Å². The van der Waals surface area contributed by atoms with Crippen LogP contribution in [0.25, 0.3) is 0 Å². The molecule has 0 heterocycles. The summed E-state index contributed by atoms with van der Waals surface area (Å²) >= 11 is 5.29. The van der Waals surface area contributed by atoms with Crippen LogP contribution in [0.3, 0.4) is 0 Å². The van der Waals surface area contributed by atoms with Crippen LogP contribution in [0.5, 0.6) is 0 Å². The lowest BCUT2D eigenvalue weighted by atomic mass is 9.99. The first-order valence-corrected chi connectivity index (χ1v) is 6.28. The zero-order valence-electron chi connectivity index (χ0n) is 10.6. The van der Waals surface area contributed by atoms with E-state index >= 15 is 0 Å². The Morgan fingerprint density at radius 2 is 1.95 bits per heavy atom. The number of esters is 1. The number of rotatable bonds is 5. The van der Waals surface area contributed by atoms with Crippen molar-refractivity contribution >= 4 is 23.4 Å². The van der Waals surface area contributed by atoms with E-state index in [1.54, 1.807) is 6.92 Å². The van der Waals surface area contributed by atoms with E-state index < -0.39 is 29.9 Å². The third-order valence-electron chi connectivity index (χ3n) is 2.46. The summed E-state index contributed by atoms with van der Waals surface area (Å²) in [6, 6.07) is 2.98. The van der Waals surface area contributed by atoms with Gasteiger partial charge >= 0.3 is 12.1 Å². The molecule has 0 fully saturated rings. The number of halogens is 4. The molecule has 1 aromatic carbocycles. The minimum Gasteiger partial charge on any atom is -0.462 e. The Balaban J connectivity index is 3.20. The van der Waals surface area contributed by atoms with Crippen molar-refractivity contribution in [1.82, 2.24) is 0 Å².